The summed E-state index contributed by atoms with van der Waals surface area (Å²) in [6, 6.07) is 5.79. The zero-order valence-corrected chi connectivity index (χ0v) is 16.0. The summed E-state index contributed by atoms with van der Waals surface area (Å²) in [6.07, 6.45) is 4.02. The molecule has 1 spiro atoms. The van der Waals surface area contributed by atoms with Crippen LogP contribution in [0.5, 0.6) is 0 Å². The molecule has 1 unspecified atom stereocenters. The predicted octanol–water partition coefficient (Wildman–Crippen LogP) is 3.77. The molecule has 0 N–H and O–H groups in total. The van der Waals surface area contributed by atoms with E-state index < -0.39 is 0 Å². The number of nitrogens with zero attached hydrogens (tertiary/aromatic N) is 2. The zero-order chi connectivity index (χ0) is 16.4. The average molecular weight is 337 g/mol. The van der Waals surface area contributed by atoms with Crippen LogP contribution in [0.4, 0.5) is 0 Å². The van der Waals surface area contributed by atoms with Crippen molar-refractivity contribution in [3.63, 3.8) is 0 Å². The third-order valence-corrected chi connectivity index (χ3v) is 6.76. The second kappa shape index (κ2) is 7.22. The van der Waals surface area contributed by atoms with Gasteiger partial charge in [0.2, 0.25) is 0 Å². The van der Waals surface area contributed by atoms with Crippen molar-refractivity contribution in [2.45, 2.75) is 58.7 Å². The van der Waals surface area contributed by atoms with E-state index in [9.17, 15) is 0 Å². The van der Waals surface area contributed by atoms with E-state index in [1.54, 1.807) is 0 Å². The van der Waals surface area contributed by atoms with Crippen molar-refractivity contribution in [3.8, 4) is 0 Å². The first-order chi connectivity index (χ1) is 11.0. The lowest BCUT2D eigenvalue weighted by molar-refractivity contribution is 0.0918. The Morgan fingerprint density at radius 3 is 2.61 bits per heavy atom. The van der Waals surface area contributed by atoms with E-state index in [1.165, 1.54) is 48.7 Å². The molecule has 0 saturated carbocycles. The minimum absolute atomic E-state index is 0.537. The SMILES string of the molecule is COCC1CC2(CCN(Cc3ccc(C)s3)CC2)CN1C(C)C. The molecular weight excluding hydrogens is 304 g/mol. The van der Waals surface area contributed by atoms with Crippen molar-refractivity contribution >= 4 is 11.3 Å². The first-order valence-corrected chi connectivity index (χ1v) is 9.85. The van der Waals surface area contributed by atoms with Gasteiger partial charge in [-0.25, -0.2) is 0 Å². The first-order valence-electron chi connectivity index (χ1n) is 9.04. The van der Waals surface area contributed by atoms with Crippen LogP contribution in [0.3, 0.4) is 0 Å². The van der Waals surface area contributed by atoms with Crippen molar-refractivity contribution in [1.82, 2.24) is 9.80 Å². The largest absolute Gasteiger partial charge is 0.383 e. The highest BCUT2D eigenvalue weighted by molar-refractivity contribution is 7.11. The summed E-state index contributed by atoms with van der Waals surface area (Å²) in [5, 5.41) is 0. The molecule has 130 valence electrons. The number of thiophene rings is 1. The third kappa shape index (κ3) is 3.98. The standard InChI is InChI=1S/C19H32N2OS/c1-15(2)21-14-19(11-17(21)13-22-4)7-9-20(10-8-19)12-18-6-5-16(3)23-18/h5-6,15,17H,7-14H2,1-4H3. The monoisotopic (exact) mass is 336 g/mol. The third-order valence-electron chi connectivity index (χ3n) is 5.77. The van der Waals surface area contributed by atoms with Crippen molar-refractivity contribution in [3.05, 3.63) is 21.9 Å². The van der Waals surface area contributed by atoms with Crippen LogP contribution in [0, 0.1) is 12.3 Å². The van der Waals surface area contributed by atoms with Crippen LogP contribution in [-0.4, -0.2) is 55.2 Å². The van der Waals surface area contributed by atoms with Gasteiger partial charge in [0.15, 0.2) is 0 Å². The van der Waals surface area contributed by atoms with Crippen LogP contribution in [-0.2, 0) is 11.3 Å². The summed E-state index contributed by atoms with van der Waals surface area (Å²) in [6.45, 7) is 12.7. The molecule has 3 rings (SSSR count). The van der Waals surface area contributed by atoms with Crippen LogP contribution in [0.2, 0.25) is 0 Å². The highest BCUT2D eigenvalue weighted by atomic mass is 32.1. The quantitative estimate of drug-likeness (QED) is 0.814. The molecule has 2 saturated heterocycles. The van der Waals surface area contributed by atoms with Gasteiger partial charge in [0.05, 0.1) is 6.61 Å². The molecule has 0 amide bonds. The fourth-order valence-corrected chi connectivity index (χ4v) is 5.42. The van der Waals surface area contributed by atoms with E-state index in [0.717, 1.165) is 13.2 Å². The van der Waals surface area contributed by atoms with E-state index in [0.29, 0.717) is 17.5 Å². The van der Waals surface area contributed by atoms with E-state index in [1.807, 2.05) is 18.4 Å². The maximum atomic E-state index is 5.49. The predicted molar refractivity (Wildman–Crippen MR) is 98.1 cm³/mol. The van der Waals surface area contributed by atoms with Gasteiger partial charge in [0.1, 0.15) is 0 Å². The molecule has 2 fully saturated rings. The first kappa shape index (κ1) is 17.4. The molecule has 1 aromatic heterocycles. The van der Waals surface area contributed by atoms with Gasteiger partial charge in [-0.15, -0.1) is 11.3 Å². The Hall–Kier alpha value is -0.420. The van der Waals surface area contributed by atoms with E-state index in [2.05, 4.69) is 42.7 Å². The second-order valence-corrected chi connectivity index (χ2v) is 9.24. The van der Waals surface area contributed by atoms with Crippen LogP contribution in [0.25, 0.3) is 0 Å². The number of piperidine rings is 1. The summed E-state index contributed by atoms with van der Waals surface area (Å²) >= 11 is 1.95. The Balaban J connectivity index is 1.57. The highest BCUT2D eigenvalue weighted by Gasteiger charge is 2.45. The maximum Gasteiger partial charge on any atom is 0.0618 e. The van der Waals surface area contributed by atoms with Crippen molar-refractivity contribution in [1.29, 1.82) is 0 Å². The number of ether oxygens (including phenoxy) is 1. The van der Waals surface area contributed by atoms with Crippen LogP contribution >= 0.6 is 11.3 Å². The molecule has 0 aromatic carbocycles. The summed E-state index contributed by atoms with van der Waals surface area (Å²) < 4.78 is 5.49. The normalized spacial score (nSPS) is 25.7. The molecule has 3 nitrogen and oxygen atoms in total. The molecule has 23 heavy (non-hydrogen) atoms. The zero-order valence-electron chi connectivity index (χ0n) is 15.2. The van der Waals surface area contributed by atoms with Gasteiger partial charge >= 0.3 is 0 Å². The molecule has 0 aliphatic carbocycles. The van der Waals surface area contributed by atoms with Crippen LogP contribution < -0.4 is 0 Å². The fraction of sp³-hybridized carbons (Fsp3) is 0.789. The van der Waals surface area contributed by atoms with Crippen LogP contribution in [0.15, 0.2) is 12.1 Å². The molecular formula is C19H32N2OS. The Bertz CT molecular complexity index is 505. The lowest BCUT2D eigenvalue weighted by atomic mass is 9.76. The summed E-state index contributed by atoms with van der Waals surface area (Å²) in [5.74, 6) is 0. The van der Waals surface area contributed by atoms with Crippen molar-refractivity contribution < 1.29 is 4.74 Å². The molecule has 2 aliphatic heterocycles. The molecule has 0 bridgehead atoms. The average Bonchev–Trinajstić information content (AvgIpc) is 3.07. The number of methoxy groups -OCH3 is 1. The molecule has 1 atom stereocenters. The number of aryl methyl sites for hydroxylation is 1. The van der Waals surface area contributed by atoms with Gasteiger partial charge in [-0.3, -0.25) is 9.80 Å². The molecule has 0 radical (unpaired) electrons. The second-order valence-electron chi connectivity index (χ2n) is 7.87. The lowest BCUT2D eigenvalue weighted by Gasteiger charge is -2.39. The number of rotatable bonds is 5. The Labute approximate surface area is 145 Å². The summed E-state index contributed by atoms with van der Waals surface area (Å²) in [7, 11) is 1.84. The smallest absolute Gasteiger partial charge is 0.0618 e. The van der Waals surface area contributed by atoms with Gasteiger partial charge in [-0.2, -0.15) is 0 Å². The molecule has 2 aliphatic rings. The fourth-order valence-electron chi connectivity index (χ4n) is 4.49. The Morgan fingerprint density at radius 1 is 1.30 bits per heavy atom. The van der Waals surface area contributed by atoms with Crippen molar-refractivity contribution in [2.24, 2.45) is 5.41 Å². The van der Waals surface area contributed by atoms with E-state index in [4.69, 9.17) is 4.74 Å². The summed E-state index contributed by atoms with van der Waals surface area (Å²) in [4.78, 5) is 8.28. The van der Waals surface area contributed by atoms with Gasteiger partial charge in [-0.1, -0.05) is 0 Å². The van der Waals surface area contributed by atoms with Gasteiger partial charge in [-0.05, 0) is 70.7 Å². The minimum atomic E-state index is 0.537. The van der Waals surface area contributed by atoms with Crippen molar-refractivity contribution in [2.75, 3.05) is 33.4 Å². The van der Waals surface area contributed by atoms with E-state index in [-0.39, 0.29) is 0 Å². The van der Waals surface area contributed by atoms with Gasteiger partial charge in [0.25, 0.3) is 0 Å². The van der Waals surface area contributed by atoms with Gasteiger partial charge in [0, 0.05) is 42.0 Å². The highest BCUT2D eigenvalue weighted by Crippen LogP contribution is 2.44. The summed E-state index contributed by atoms with van der Waals surface area (Å²) in [5.41, 5.74) is 0.537. The molecule has 4 heteroatoms. The molecule has 1 aromatic rings. The number of hydrogen-bond acceptors (Lipinski definition) is 4. The van der Waals surface area contributed by atoms with E-state index >= 15 is 0 Å². The topological polar surface area (TPSA) is 15.7 Å². The number of hydrogen-bond donors (Lipinski definition) is 0. The molecule has 3 heterocycles. The lowest BCUT2D eigenvalue weighted by Crippen LogP contribution is -2.42. The van der Waals surface area contributed by atoms with Gasteiger partial charge < -0.3 is 4.74 Å². The Morgan fingerprint density at radius 2 is 2.04 bits per heavy atom. The Kier molecular flexibility index (Phi) is 5.46. The maximum absolute atomic E-state index is 5.49. The van der Waals surface area contributed by atoms with Crippen LogP contribution in [0.1, 0.15) is 42.9 Å². The number of likely N-dealkylation sites (tertiary alicyclic amines) is 2. The minimum Gasteiger partial charge on any atom is -0.383 e.